The van der Waals surface area contributed by atoms with Gasteiger partial charge in [0.2, 0.25) is 0 Å². The number of rotatable bonds is 8. The van der Waals surface area contributed by atoms with Crippen molar-refractivity contribution >= 4 is 19.8 Å². The molecule has 0 fully saturated rings. The number of phosphoric acid groups is 1. The van der Waals surface area contributed by atoms with Crippen LogP contribution in [0, 0.1) is 0 Å². The van der Waals surface area contributed by atoms with Crippen molar-refractivity contribution in [1.29, 1.82) is 0 Å². The first-order valence-electron chi connectivity index (χ1n) is 5.99. The van der Waals surface area contributed by atoms with Crippen LogP contribution in [-0.4, -0.2) is 77.8 Å². The van der Waals surface area contributed by atoms with Gasteiger partial charge in [0, 0.05) is 12.4 Å². The maximum atomic E-state index is 10.0. The van der Waals surface area contributed by atoms with Crippen LogP contribution in [0.2, 0.25) is 0 Å². The Morgan fingerprint density at radius 2 is 1.70 bits per heavy atom. The number of likely N-dealkylation sites (N-methyl/N-ethyl adjacent to an activating group) is 1. The molecule has 0 heterocycles. The summed E-state index contributed by atoms with van der Waals surface area (Å²) in [6, 6.07) is -1.53. The molecule has 0 aromatic heterocycles. The number of carbonyl (C=O) groups is 2. The molecule has 2 atom stereocenters. The Labute approximate surface area is 176 Å². The zero-order valence-electron chi connectivity index (χ0n) is 13.5. The quantitative estimate of drug-likeness (QED) is 0.177. The Morgan fingerprint density at radius 3 is 1.96 bits per heavy atom. The average molecular weight is 384 g/mol. The second-order valence-corrected chi connectivity index (χ2v) is 6.65. The first-order chi connectivity index (χ1) is 9.64. The summed E-state index contributed by atoms with van der Waals surface area (Å²) in [6.07, 6.45) is -1.09. The van der Waals surface area contributed by atoms with E-state index < -0.39 is 38.5 Å². The van der Waals surface area contributed by atoms with Gasteiger partial charge in [0.05, 0.1) is 39.8 Å². The third-order valence-corrected chi connectivity index (χ3v) is 2.37. The number of phosphoric ester groups is 1. The molecule has 1 unspecified atom stereocenters. The van der Waals surface area contributed by atoms with Crippen LogP contribution in [0.3, 0.4) is 0 Å². The van der Waals surface area contributed by atoms with Crippen molar-refractivity contribution in [2.24, 2.45) is 5.73 Å². The van der Waals surface area contributed by atoms with Gasteiger partial charge in [-0.25, -0.2) is 4.57 Å². The SMILES string of the molecule is C[N+](C)(C)CC(O)CC(=O)[O-].N[C@@H](COP(=O)(O)O)C(=O)[O-].[K+]. The monoisotopic (exact) mass is 384 g/mol. The summed E-state index contributed by atoms with van der Waals surface area (Å²) in [4.78, 5) is 36.0. The summed E-state index contributed by atoms with van der Waals surface area (Å²) in [7, 11) is 1.03. The maximum absolute atomic E-state index is 10.0. The van der Waals surface area contributed by atoms with Crippen LogP contribution in [0.25, 0.3) is 0 Å². The molecule has 0 spiro atoms. The molecule has 0 aromatic rings. The molecule has 0 radical (unpaired) electrons. The van der Waals surface area contributed by atoms with Crippen molar-refractivity contribution in [3.63, 3.8) is 0 Å². The molecule has 23 heavy (non-hydrogen) atoms. The Morgan fingerprint density at radius 1 is 1.26 bits per heavy atom. The fraction of sp³-hybridized carbons (Fsp3) is 0.800. The number of aliphatic hydroxyl groups excluding tert-OH is 1. The van der Waals surface area contributed by atoms with Crippen LogP contribution < -0.4 is 67.3 Å². The van der Waals surface area contributed by atoms with E-state index in [2.05, 4.69) is 4.52 Å². The molecule has 132 valence electrons. The van der Waals surface area contributed by atoms with Gasteiger partial charge in [-0.05, 0) is 0 Å². The number of aliphatic carboxylic acids is 2. The summed E-state index contributed by atoms with van der Waals surface area (Å²) in [5.41, 5.74) is 4.79. The Bertz CT molecular complexity index is 410. The second-order valence-electron chi connectivity index (χ2n) is 5.41. The summed E-state index contributed by atoms with van der Waals surface area (Å²) in [5, 5.41) is 29.0. The maximum Gasteiger partial charge on any atom is 1.00 e. The van der Waals surface area contributed by atoms with Gasteiger partial charge < -0.3 is 44.9 Å². The Hall–Kier alpha value is 0.566. The van der Waals surface area contributed by atoms with Gasteiger partial charge in [-0.3, -0.25) is 4.52 Å². The zero-order chi connectivity index (χ0) is 18.1. The van der Waals surface area contributed by atoms with Gasteiger partial charge in [0.15, 0.2) is 0 Å². The molecule has 0 aliphatic heterocycles. The normalized spacial score (nSPS) is 13.9. The first kappa shape index (κ1) is 28.4. The fourth-order valence-corrected chi connectivity index (χ4v) is 1.49. The molecule has 0 amide bonds. The van der Waals surface area contributed by atoms with Crippen LogP contribution in [0.4, 0.5) is 0 Å². The van der Waals surface area contributed by atoms with E-state index >= 15 is 0 Å². The van der Waals surface area contributed by atoms with E-state index in [-0.39, 0.29) is 57.8 Å². The molecular weight excluding hydrogens is 362 g/mol. The average Bonchev–Trinajstić information content (AvgIpc) is 2.21. The van der Waals surface area contributed by atoms with E-state index in [1.54, 1.807) is 0 Å². The van der Waals surface area contributed by atoms with Gasteiger partial charge in [0.1, 0.15) is 12.6 Å². The van der Waals surface area contributed by atoms with Gasteiger partial charge in [-0.15, -0.1) is 0 Å². The van der Waals surface area contributed by atoms with Crippen molar-refractivity contribution in [3.05, 3.63) is 0 Å². The third kappa shape index (κ3) is 24.9. The van der Waals surface area contributed by atoms with Crippen molar-refractivity contribution in [1.82, 2.24) is 0 Å². The van der Waals surface area contributed by atoms with Crippen molar-refractivity contribution in [3.8, 4) is 0 Å². The predicted octanol–water partition coefficient (Wildman–Crippen LogP) is -7.63. The number of carboxylic acids is 2. The molecule has 0 saturated carbocycles. The summed E-state index contributed by atoms with van der Waals surface area (Å²) >= 11 is 0. The number of nitrogens with two attached hydrogens (primary N) is 1. The minimum Gasteiger partial charge on any atom is -0.550 e. The topological polar surface area (TPSA) is 193 Å². The standard InChI is InChI=1S/C7H15NO3.C3H8NO6P.K/c1-8(2,3)5-6(9)4-7(10)11;4-2(3(5)6)1-10-11(7,8)9;/h6,9H,4-5H2,1-3H3;2H,1,4H2,(H,5,6)(H2,7,8,9);/q;;+1/p-1/t;2-;/m.0./s1. The number of aliphatic hydroxyl groups is 1. The van der Waals surface area contributed by atoms with Crippen LogP contribution in [-0.2, 0) is 18.7 Å². The molecule has 0 saturated heterocycles. The molecule has 0 aromatic carbocycles. The number of nitrogens with zero attached hydrogens (tertiary/aromatic N) is 1. The molecule has 0 rings (SSSR count). The molecule has 5 N–H and O–H groups in total. The van der Waals surface area contributed by atoms with E-state index in [1.165, 1.54) is 0 Å². The number of quaternary nitrogens is 1. The number of carboxylic acid groups (broad SMARTS) is 2. The third-order valence-electron chi connectivity index (χ3n) is 1.89. The van der Waals surface area contributed by atoms with Crippen molar-refractivity contribution in [2.45, 2.75) is 18.6 Å². The first-order valence-corrected chi connectivity index (χ1v) is 7.52. The summed E-state index contributed by atoms with van der Waals surface area (Å²) < 4.78 is 14.3. The number of hydrogen-bond donors (Lipinski definition) is 4. The molecule has 0 aliphatic rings. The molecule has 0 bridgehead atoms. The largest absolute Gasteiger partial charge is 1.00 e. The molecular formula is C10H22KN2O9P. The second kappa shape index (κ2) is 12.9. The van der Waals surface area contributed by atoms with E-state index in [0.29, 0.717) is 11.0 Å². The molecule has 0 aliphatic carbocycles. The van der Waals surface area contributed by atoms with Crippen molar-refractivity contribution < 1.29 is 99.7 Å². The smallest absolute Gasteiger partial charge is 0.550 e. The number of carbonyl (C=O) groups excluding carboxylic acids is 2. The van der Waals surface area contributed by atoms with Gasteiger partial charge in [-0.2, -0.15) is 0 Å². The Kier molecular flexibility index (Phi) is 15.9. The minimum absolute atomic E-state index is 0. The van der Waals surface area contributed by atoms with Gasteiger partial charge >= 0.3 is 59.2 Å². The van der Waals surface area contributed by atoms with Crippen LogP contribution in [0.5, 0.6) is 0 Å². The number of hydrogen-bond acceptors (Lipinski definition) is 8. The summed E-state index contributed by atoms with van der Waals surface area (Å²) in [5.74, 6) is -2.83. The zero-order valence-corrected chi connectivity index (χ0v) is 17.6. The van der Waals surface area contributed by atoms with Crippen molar-refractivity contribution in [2.75, 3.05) is 34.3 Å². The van der Waals surface area contributed by atoms with Gasteiger partial charge in [-0.1, -0.05) is 0 Å². The predicted molar refractivity (Wildman–Crippen MR) is 69.5 cm³/mol. The Balaban J connectivity index is -0.000000333. The molecule has 11 nitrogen and oxygen atoms in total. The van der Waals surface area contributed by atoms with E-state index in [0.717, 1.165) is 0 Å². The van der Waals surface area contributed by atoms with Crippen LogP contribution in [0.15, 0.2) is 0 Å². The van der Waals surface area contributed by atoms with E-state index in [9.17, 15) is 24.4 Å². The van der Waals surface area contributed by atoms with E-state index in [4.69, 9.17) is 20.6 Å². The van der Waals surface area contributed by atoms with Crippen LogP contribution >= 0.6 is 7.82 Å². The van der Waals surface area contributed by atoms with Gasteiger partial charge in [0.25, 0.3) is 0 Å². The van der Waals surface area contributed by atoms with E-state index in [1.807, 2.05) is 21.1 Å². The summed E-state index contributed by atoms with van der Waals surface area (Å²) in [6.45, 7) is -0.347. The molecule has 13 heteroatoms. The van der Waals surface area contributed by atoms with Crippen LogP contribution in [0.1, 0.15) is 6.42 Å². The fourth-order valence-electron chi connectivity index (χ4n) is 1.13. The minimum atomic E-state index is -4.63.